The van der Waals surface area contributed by atoms with E-state index in [2.05, 4.69) is 27.3 Å². The predicted molar refractivity (Wildman–Crippen MR) is 114 cm³/mol. The third kappa shape index (κ3) is 3.82. The molecule has 2 aromatic carbocycles. The highest BCUT2D eigenvalue weighted by molar-refractivity contribution is 6.05. The Bertz CT molecular complexity index is 986. The number of aromatic carboxylic acids is 1. The van der Waals surface area contributed by atoms with Gasteiger partial charge in [0.15, 0.2) is 0 Å². The van der Waals surface area contributed by atoms with Crippen LogP contribution in [0.1, 0.15) is 23.2 Å². The average molecular weight is 400 g/mol. The highest BCUT2D eigenvalue weighted by atomic mass is 35.5. The molecule has 7 heteroatoms. The fraction of sp³-hybridized carbons (Fsp3) is 0.238. The number of hydrogen-bond donors (Lipinski definition) is 2. The van der Waals surface area contributed by atoms with E-state index in [1.54, 1.807) is 13.2 Å². The van der Waals surface area contributed by atoms with Crippen molar-refractivity contribution in [3.63, 3.8) is 0 Å². The molecule has 1 saturated heterocycles. The van der Waals surface area contributed by atoms with Crippen molar-refractivity contribution >= 4 is 46.3 Å². The Morgan fingerprint density at radius 1 is 1.14 bits per heavy atom. The lowest BCUT2D eigenvalue weighted by Gasteiger charge is -2.18. The number of nitrogens with zero attached hydrogens (tertiary/aromatic N) is 2. The van der Waals surface area contributed by atoms with Crippen LogP contribution in [0.2, 0.25) is 0 Å². The molecule has 0 spiro atoms. The predicted octanol–water partition coefficient (Wildman–Crippen LogP) is 4.71. The van der Waals surface area contributed by atoms with E-state index in [1.165, 1.54) is 24.7 Å². The summed E-state index contributed by atoms with van der Waals surface area (Å²) in [4.78, 5) is 18.3. The van der Waals surface area contributed by atoms with Gasteiger partial charge in [-0.25, -0.2) is 4.79 Å². The summed E-state index contributed by atoms with van der Waals surface area (Å²) in [6.07, 6.45) is 3.84. The van der Waals surface area contributed by atoms with Gasteiger partial charge in [0, 0.05) is 36.0 Å². The van der Waals surface area contributed by atoms with Gasteiger partial charge in [0.2, 0.25) is 0 Å². The molecule has 1 aliphatic rings. The maximum Gasteiger partial charge on any atom is 0.339 e. The molecule has 0 amide bonds. The molecule has 2 N–H and O–H groups in total. The minimum Gasteiger partial charge on any atom is -0.497 e. The van der Waals surface area contributed by atoms with Gasteiger partial charge < -0.3 is 20.1 Å². The molecule has 146 valence electrons. The summed E-state index contributed by atoms with van der Waals surface area (Å²) in [7, 11) is 1.58. The molecule has 0 atom stereocenters. The molecule has 2 heterocycles. The first-order valence-corrected chi connectivity index (χ1v) is 8.98. The van der Waals surface area contributed by atoms with Crippen molar-refractivity contribution in [3.8, 4) is 5.75 Å². The second-order valence-electron chi connectivity index (χ2n) is 6.60. The van der Waals surface area contributed by atoms with Gasteiger partial charge in [-0.15, -0.1) is 12.4 Å². The fourth-order valence-corrected chi connectivity index (χ4v) is 3.47. The van der Waals surface area contributed by atoms with Crippen LogP contribution in [0.25, 0.3) is 10.9 Å². The minimum absolute atomic E-state index is 0. The minimum atomic E-state index is -1.02. The number of hydrogen-bond acceptors (Lipinski definition) is 5. The number of aromatic nitrogens is 1. The lowest BCUT2D eigenvalue weighted by Crippen LogP contribution is -2.17. The van der Waals surface area contributed by atoms with Crippen molar-refractivity contribution < 1.29 is 14.6 Å². The number of carboxylic acids is 1. The highest BCUT2D eigenvalue weighted by Crippen LogP contribution is 2.32. The Balaban J connectivity index is 0.00000225. The molecule has 1 aliphatic heterocycles. The van der Waals surface area contributed by atoms with E-state index >= 15 is 0 Å². The number of benzene rings is 2. The van der Waals surface area contributed by atoms with E-state index in [0.717, 1.165) is 18.8 Å². The molecule has 0 aliphatic carbocycles. The Kier molecular flexibility index (Phi) is 5.90. The molecule has 0 unspecified atom stereocenters. The normalized spacial score (nSPS) is 13.2. The highest BCUT2D eigenvalue weighted by Gasteiger charge is 2.16. The summed E-state index contributed by atoms with van der Waals surface area (Å²) in [5.74, 6) is -0.373. The van der Waals surface area contributed by atoms with Crippen LogP contribution in [0.15, 0.2) is 48.7 Å². The van der Waals surface area contributed by atoms with E-state index in [9.17, 15) is 9.90 Å². The van der Waals surface area contributed by atoms with Gasteiger partial charge in [0.05, 0.1) is 18.3 Å². The maximum atomic E-state index is 11.7. The van der Waals surface area contributed by atoms with E-state index in [4.69, 9.17) is 4.74 Å². The number of nitrogens with one attached hydrogen (secondary N) is 1. The lowest BCUT2D eigenvalue weighted by atomic mass is 10.1. The smallest absolute Gasteiger partial charge is 0.339 e. The first-order valence-electron chi connectivity index (χ1n) is 8.98. The summed E-state index contributed by atoms with van der Waals surface area (Å²) in [5, 5.41) is 13.6. The maximum absolute atomic E-state index is 11.7. The second kappa shape index (κ2) is 8.35. The number of anilines is 3. The van der Waals surface area contributed by atoms with Crippen LogP contribution < -0.4 is 15.0 Å². The van der Waals surface area contributed by atoms with Gasteiger partial charge in [-0.2, -0.15) is 0 Å². The number of ether oxygens (including phenoxy) is 1. The summed E-state index contributed by atoms with van der Waals surface area (Å²) < 4.78 is 5.29. The number of methoxy groups -OCH3 is 1. The largest absolute Gasteiger partial charge is 0.497 e. The zero-order chi connectivity index (χ0) is 18.8. The number of carboxylic acid groups (broad SMARTS) is 1. The summed E-state index contributed by atoms with van der Waals surface area (Å²) in [5.41, 5.74) is 3.37. The molecule has 0 radical (unpaired) electrons. The molecular weight excluding hydrogens is 378 g/mol. The number of carbonyl (C=O) groups is 1. The number of pyridine rings is 1. The van der Waals surface area contributed by atoms with Gasteiger partial charge >= 0.3 is 5.97 Å². The zero-order valence-electron chi connectivity index (χ0n) is 15.5. The lowest BCUT2D eigenvalue weighted by molar-refractivity contribution is 0.0697. The molecule has 28 heavy (non-hydrogen) atoms. The van der Waals surface area contributed by atoms with Crippen molar-refractivity contribution in [1.29, 1.82) is 0 Å². The van der Waals surface area contributed by atoms with E-state index in [1.807, 2.05) is 24.3 Å². The molecule has 3 aromatic rings. The van der Waals surface area contributed by atoms with Crippen LogP contribution in [0.3, 0.4) is 0 Å². The second-order valence-corrected chi connectivity index (χ2v) is 6.60. The topological polar surface area (TPSA) is 74.7 Å². The van der Waals surface area contributed by atoms with Gasteiger partial charge in [-0.05, 0) is 55.3 Å². The van der Waals surface area contributed by atoms with Crippen LogP contribution >= 0.6 is 12.4 Å². The van der Waals surface area contributed by atoms with E-state index in [0.29, 0.717) is 22.3 Å². The summed E-state index contributed by atoms with van der Waals surface area (Å²) >= 11 is 0. The van der Waals surface area contributed by atoms with Gasteiger partial charge in [0.1, 0.15) is 11.3 Å². The number of rotatable bonds is 5. The first kappa shape index (κ1) is 19.8. The average Bonchev–Trinajstić information content (AvgIpc) is 3.23. The fourth-order valence-electron chi connectivity index (χ4n) is 3.47. The van der Waals surface area contributed by atoms with Gasteiger partial charge in [-0.3, -0.25) is 4.98 Å². The molecule has 4 rings (SSSR count). The van der Waals surface area contributed by atoms with E-state index in [-0.39, 0.29) is 18.0 Å². The van der Waals surface area contributed by atoms with Crippen molar-refractivity contribution in [2.75, 3.05) is 30.4 Å². The van der Waals surface area contributed by atoms with Crippen molar-refractivity contribution in [2.24, 2.45) is 0 Å². The Hall–Kier alpha value is -2.99. The summed E-state index contributed by atoms with van der Waals surface area (Å²) in [6.45, 7) is 2.18. The third-order valence-corrected chi connectivity index (χ3v) is 4.91. The monoisotopic (exact) mass is 399 g/mol. The molecule has 1 fully saturated rings. The first-order chi connectivity index (χ1) is 13.2. The van der Waals surface area contributed by atoms with Gasteiger partial charge in [-0.1, -0.05) is 0 Å². The van der Waals surface area contributed by atoms with Crippen molar-refractivity contribution in [3.05, 3.63) is 54.2 Å². The van der Waals surface area contributed by atoms with E-state index < -0.39 is 5.97 Å². The van der Waals surface area contributed by atoms with Crippen LogP contribution in [0, 0.1) is 0 Å². The van der Waals surface area contributed by atoms with Crippen molar-refractivity contribution in [1.82, 2.24) is 4.98 Å². The molecule has 6 nitrogen and oxygen atoms in total. The van der Waals surface area contributed by atoms with Gasteiger partial charge in [0.25, 0.3) is 0 Å². The molecule has 1 aromatic heterocycles. The molecular formula is C21H22ClN3O3. The standard InChI is InChI=1S/C21H21N3O3.ClH/c1-27-16-8-9-19-17(12-16)20(18(13-22-19)21(25)26)23-14-4-6-15(7-5-14)24-10-2-3-11-24;/h4-9,12-13H,2-3,10-11H2,1H3,(H,22,23)(H,25,26);1H. The zero-order valence-corrected chi connectivity index (χ0v) is 16.3. The third-order valence-electron chi connectivity index (χ3n) is 4.91. The Morgan fingerprint density at radius 2 is 1.86 bits per heavy atom. The molecule has 0 saturated carbocycles. The van der Waals surface area contributed by atoms with Crippen LogP contribution in [0.5, 0.6) is 5.75 Å². The van der Waals surface area contributed by atoms with Crippen LogP contribution in [-0.4, -0.2) is 36.3 Å². The quantitative estimate of drug-likeness (QED) is 0.647. The Morgan fingerprint density at radius 3 is 2.50 bits per heavy atom. The van der Waals surface area contributed by atoms with Crippen LogP contribution in [0.4, 0.5) is 17.1 Å². The number of fused-ring (bicyclic) bond motifs is 1. The Labute approximate surface area is 169 Å². The van der Waals surface area contributed by atoms with Crippen LogP contribution in [-0.2, 0) is 0 Å². The number of halogens is 1. The molecule has 0 bridgehead atoms. The van der Waals surface area contributed by atoms with Crippen molar-refractivity contribution in [2.45, 2.75) is 12.8 Å². The SMILES string of the molecule is COc1ccc2ncc(C(=O)O)c(Nc3ccc(N4CCCC4)cc3)c2c1.Cl. The summed E-state index contributed by atoms with van der Waals surface area (Å²) in [6, 6.07) is 13.5.